The van der Waals surface area contributed by atoms with Crippen LogP contribution in [0.15, 0.2) is 24.3 Å². The lowest BCUT2D eigenvalue weighted by atomic mass is 9.91. The van der Waals surface area contributed by atoms with Crippen molar-refractivity contribution in [2.45, 2.75) is 31.8 Å². The number of nitrogens with zero attached hydrogens (tertiary/aromatic N) is 1. The predicted octanol–water partition coefficient (Wildman–Crippen LogP) is 2.56. The summed E-state index contributed by atoms with van der Waals surface area (Å²) in [6, 6.07) is 6.86. The first-order chi connectivity index (χ1) is 7.29. The summed E-state index contributed by atoms with van der Waals surface area (Å²) in [4.78, 5) is 2.11. The van der Waals surface area contributed by atoms with Crippen LogP contribution in [0, 0.1) is 5.82 Å². The summed E-state index contributed by atoms with van der Waals surface area (Å²) >= 11 is 0. The minimum atomic E-state index is -0.233. The standard InChI is InChI=1S/C13H21FN2/c1-13(2,15)9-12(16(3)4)10-5-7-11(14)8-6-10/h5-8,12H,9,15H2,1-4H3. The number of benzene rings is 1. The molecule has 2 nitrogen and oxygen atoms in total. The van der Waals surface area contributed by atoms with Crippen molar-refractivity contribution in [2.24, 2.45) is 5.73 Å². The van der Waals surface area contributed by atoms with Crippen LogP contribution in [-0.4, -0.2) is 24.5 Å². The molecule has 0 fully saturated rings. The highest BCUT2D eigenvalue weighted by Crippen LogP contribution is 2.26. The Morgan fingerprint density at radius 1 is 1.25 bits per heavy atom. The van der Waals surface area contributed by atoms with Crippen LogP contribution in [0.1, 0.15) is 31.9 Å². The molecule has 0 saturated carbocycles. The highest BCUT2D eigenvalue weighted by molar-refractivity contribution is 5.20. The number of nitrogens with two attached hydrogens (primary N) is 1. The van der Waals surface area contributed by atoms with Gasteiger partial charge < -0.3 is 10.6 Å². The number of rotatable bonds is 4. The molecular weight excluding hydrogens is 203 g/mol. The van der Waals surface area contributed by atoms with Gasteiger partial charge in [-0.1, -0.05) is 12.1 Å². The Labute approximate surface area is 97.3 Å². The Balaban J connectivity index is 2.90. The molecule has 0 aliphatic heterocycles. The van der Waals surface area contributed by atoms with Gasteiger partial charge in [-0.25, -0.2) is 4.39 Å². The van der Waals surface area contributed by atoms with Crippen molar-refractivity contribution in [3.05, 3.63) is 35.6 Å². The summed E-state index contributed by atoms with van der Waals surface area (Å²) in [6.45, 7) is 4.01. The molecule has 0 heterocycles. The van der Waals surface area contributed by atoms with E-state index in [0.717, 1.165) is 12.0 Å². The lowest BCUT2D eigenvalue weighted by Crippen LogP contribution is -2.37. The van der Waals surface area contributed by atoms with E-state index in [4.69, 9.17) is 5.73 Å². The van der Waals surface area contributed by atoms with Gasteiger partial charge in [0.2, 0.25) is 0 Å². The molecule has 0 aliphatic rings. The molecule has 1 atom stereocenters. The topological polar surface area (TPSA) is 29.3 Å². The first-order valence-electron chi connectivity index (χ1n) is 5.50. The van der Waals surface area contributed by atoms with Crippen LogP contribution in [0.4, 0.5) is 4.39 Å². The fourth-order valence-corrected chi connectivity index (χ4v) is 1.78. The van der Waals surface area contributed by atoms with E-state index in [-0.39, 0.29) is 17.4 Å². The van der Waals surface area contributed by atoms with E-state index in [2.05, 4.69) is 4.90 Å². The van der Waals surface area contributed by atoms with Crippen molar-refractivity contribution < 1.29 is 4.39 Å². The Bertz CT molecular complexity index is 325. The van der Waals surface area contributed by atoms with Gasteiger partial charge in [-0.2, -0.15) is 0 Å². The lowest BCUT2D eigenvalue weighted by molar-refractivity contribution is 0.243. The quantitative estimate of drug-likeness (QED) is 0.851. The Hall–Kier alpha value is -0.930. The van der Waals surface area contributed by atoms with Gasteiger partial charge in [0, 0.05) is 11.6 Å². The van der Waals surface area contributed by atoms with Crippen molar-refractivity contribution in [3.8, 4) is 0 Å². The molecule has 90 valence electrons. The molecule has 1 unspecified atom stereocenters. The maximum absolute atomic E-state index is 12.9. The van der Waals surface area contributed by atoms with Gasteiger partial charge >= 0.3 is 0 Å². The predicted molar refractivity (Wildman–Crippen MR) is 65.7 cm³/mol. The largest absolute Gasteiger partial charge is 0.325 e. The van der Waals surface area contributed by atoms with Crippen LogP contribution >= 0.6 is 0 Å². The number of halogens is 1. The molecule has 0 saturated heterocycles. The van der Waals surface area contributed by atoms with Crippen LogP contribution in [0.25, 0.3) is 0 Å². The molecule has 0 bridgehead atoms. The van der Waals surface area contributed by atoms with Crippen molar-refractivity contribution >= 4 is 0 Å². The van der Waals surface area contributed by atoms with E-state index in [9.17, 15) is 4.39 Å². The van der Waals surface area contributed by atoms with E-state index >= 15 is 0 Å². The van der Waals surface area contributed by atoms with Crippen molar-refractivity contribution in [1.29, 1.82) is 0 Å². The maximum atomic E-state index is 12.9. The van der Waals surface area contributed by atoms with Gasteiger partial charge in [-0.3, -0.25) is 0 Å². The van der Waals surface area contributed by atoms with Crippen LogP contribution < -0.4 is 5.73 Å². The summed E-state index contributed by atoms with van der Waals surface area (Å²) in [7, 11) is 4.03. The minimum absolute atomic E-state index is 0.201. The third-order valence-electron chi connectivity index (χ3n) is 2.60. The normalized spacial score (nSPS) is 14.2. The van der Waals surface area contributed by atoms with Crippen LogP contribution in [0.5, 0.6) is 0 Å². The molecule has 3 heteroatoms. The highest BCUT2D eigenvalue weighted by Gasteiger charge is 2.22. The Kier molecular flexibility index (Phi) is 4.05. The summed E-state index contributed by atoms with van der Waals surface area (Å²) in [5, 5.41) is 0. The summed E-state index contributed by atoms with van der Waals surface area (Å²) in [6.07, 6.45) is 0.839. The molecule has 0 aromatic heterocycles. The first-order valence-corrected chi connectivity index (χ1v) is 5.50. The molecule has 1 rings (SSSR count). The fraction of sp³-hybridized carbons (Fsp3) is 0.538. The maximum Gasteiger partial charge on any atom is 0.123 e. The van der Waals surface area contributed by atoms with E-state index in [1.165, 1.54) is 12.1 Å². The highest BCUT2D eigenvalue weighted by atomic mass is 19.1. The zero-order valence-corrected chi connectivity index (χ0v) is 10.5. The Morgan fingerprint density at radius 3 is 2.12 bits per heavy atom. The van der Waals surface area contributed by atoms with E-state index in [0.29, 0.717) is 0 Å². The van der Waals surface area contributed by atoms with Crippen LogP contribution in [0.3, 0.4) is 0 Å². The summed E-state index contributed by atoms with van der Waals surface area (Å²) < 4.78 is 12.9. The van der Waals surface area contributed by atoms with Gasteiger partial charge in [-0.15, -0.1) is 0 Å². The third kappa shape index (κ3) is 3.91. The monoisotopic (exact) mass is 224 g/mol. The molecule has 0 spiro atoms. The molecule has 0 aliphatic carbocycles. The van der Waals surface area contributed by atoms with Crippen LogP contribution in [0.2, 0.25) is 0 Å². The second-order valence-corrected chi connectivity index (χ2v) is 5.22. The van der Waals surface area contributed by atoms with Gasteiger partial charge in [0.05, 0.1) is 0 Å². The first kappa shape index (κ1) is 13.1. The smallest absolute Gasteiger partial charge is 0.123 e. The van der Waals surface area contributed by atoms with Crippen LogP contribution in [-0.2, 0) is 0 Å². The van der Waals surface area contributed by atoms with Crippen molar-refractivity contribution in [1.82, 2.24) is 4.90 Å². The molecule has 0 radical (unpaired) electrons. The fourth-order valence-electron chi connectivity index (χ4n) is 1.78. The average molecular weight is 224 g/mol. The minimum Gasteiger partial charge on any atom is -0.325 e. The molecule has 1 aromatic carbocycles. The van der Waals surface area contributed by atoms with Crippen molar-refractivity contribution in [3.63, 3.8) is 0 Å². The van der Waals surface area contributed by atoms with E-state index in [1.807, 2.05) is 40.1 Å². The van der Waals surface area contributed by atoms with Gasteiger partial charge in [-0.05, 0) is 52.1 Å². The Morgan fingerprint density at radius 2 is 1.75 bits per heavy atom. The lowest BCUT2D eigenvalue weighted by Gasteiger charge is -2.31. The molecular formula is C13H21FN2. The molecule has 16 heavy (non-hydrogen) atoms. The van der Waals surface area contributed by atoms with Gasteiger partial charge in [0.1, 0.15) is 5.82 Å². The van der Waals surface area contributed by atoms with Crippen molar-refractivity contribution in [2.75, 3.05) is 14.1 Å². The molecule has 0 amide bonds. The van der Waals surface area contributed by atoms with Gasteiger partial charge in [0.15, 0.2) is 0 Å². The van der Waals surface area contributed by atoms with Gasteiger partial charge in [0.25, 0.3) is 0 Å². The zero-order valence-electron chi connectivity index (χ0n) is 10.5. The zero-order chi connectivity index (χ0) is 12.3. The SMILES string of the molecule is CN(C)C(CC(C)(C)N)c1ccc(F)cc1. The molecule has 2 N–H and O–H groups in total. The molecule has 1 aromatic rings. The van der Waals surface area contributed by atoms with E-state index < -0.39 is 0 Å². The second kappa shape index (κ2) is 4.93. The number of hydrogen-bond acceptors (Lipinski definition) is 2. The van der Waals surface area contributed by atoms with E-state index in [1.54, 1.807) is 0 Å². The summed E-state index contributed by atoms with van der Waals surface area (Å²) in [5.74, 6) is -0.201. The number of hydrogen-bond donors (Lipinski definition) is 1. The second-order valence-electron chi connectivity index (χ2n) is 5.22. The average Bonchev–Trinajstić information content (AvgIpc) is 2.14. The third-order valence-corrected chi connectivity index (χ3v) is 2.60. The summed E-state index contributed by atoms with van der Waals surface area (Å²) in [5.41, 5.74) is 6.91.